The highest BCUT2D eigenvalue weighted by Crippen LogP contribution is 2.29. The fourth-order valence-electron chi connectivity index (χ4n) is 1.54. The first-order valence-electron chi connectivity index (χ1n) is 6.35. The standard InChI is InChI=1S/C13H9F2NO3.C2H6/c1-8-6-10(16(17)18)3-5-12(8)19-13-4-2-9(14)7-11(13)15;1-2/h2-7H,1H3;1-2H3. The lowest BCUT2D eigenvalue weighted by Crippen LogP contribution is -1.93. The smallest absolute Gasteiger partial charge is 0.269 e. The van der Waals surface area contributed by atoms with Crippen LogP contribution in [0.25, 0.3) is 0 Å². The average Bonchev–Trinajstić information content (AvgIpc) is 2.45. The van der Waals surface area contributed by atoms with Gasteiger partial charge in [0.25, 0.3) is 5.69 Å². The van der Waals surface area contributed by atoms with Gasteiger partial charge in [-0.05, 0) is 30.7 Å². The molecule has 0 radical (unpaired) electrons. The monoisotopic (exact) mass is 295 g/mol. The first-order valence-corrected chi connectivity index (χ1v) is 6.35. The van der Waals surface area contributed by atoms with E-state index in [-0.39, 0.29) is 17.2 Å². The molecule has 0 aliphatic heterocycles. The summed E-state index contributed by atoms with van der Waals surface area (Å²) in [5, 5.41) is 10.6. The van der Waals surface area contributed by atoms with Crippen molar-refractivity contribution < 1.29 is 18.4 Å². The lowest BCUT2D eigenvalue weighted by atomic mass is 10.2. The van der Waals surface area contributed by atoms with Crippen molar-refractivity contribution in [1.29, 1.82) is 0 Å². The van der Waals surface area contributed by atoms with E-state index in [9.17, 15) is 18.9 Å². The summed E-state index contributed by atoms with van der Waals surface area (Å²) in [6.07, 6.45) is 0. The van der Waals surface area contributed by atoms with Gasteiger partial charge in [-0.15, -0.1) is 0 Å². The zero-order chi connectivity index (χ0) is 16.0. The fourth-order valence-corrected chi connectivity index (χ4v) is 1.54. The van der Waals surface area contributed by atoms with Gasteiger partial charge in [-0.25, -0.2) is 8.78 Å². The van der Waals surface area contributed by atoms with Crippen LogP contribution in [0.5, 0.6) is 11.5 Å². The topological polar surface area (TPSA) is 52.4 Å². The number of rotatable bonds is 3. The van der Waals surface area contributed by atoms with E-state index in [1.807, 2.05) is 13.8 Å². The van der Waals surface area contributed by atoms with E-state index < -0.39 is 16.6 Å². The maximum Gasteiger partial charge on any atom is 0.269 e. The normalized spacial score (nSPS) is 9.57. The van der Waals surface area contributed by atoms with Crippen molar-refractivity contribution in [2.45, 2.75) is 20.8 Å². The molecule has 21 heavy (non-hydrogen) atoms. The third-order valence-electron chi connectivity index (χ3n) is 2.48. The molecular weight excluding hydrogens is 280 g/mol. The van der Waals surface area contributed by atoms with Crippen molar-refractivity contribution >= 4 is 5.69 Å². The molecule has 0 spiro atoms. The van der Waals surface area contributed by atoms with Gasteiger partial charge in [0, 0.05) is 18.2 Å². The Bertz CT molecular complexity index is 645. The Kier molecular flexibility index (Phi) is 5.78. The number of ether oxygens (including phenoxy) is 1. The quantitative estimate of drug-likeness (QED) is 0.591. The van der Waals surface area contributed by atoms with Crippen LogP contribution >= 0.6 is 0 Å². The first kappa shape index (κ1) is 16.6. The second-order valence-electron chi connectivity index (χ2n) is 3.88. The summed E-state index contributed by atoms with van der Waals surface area (Å²) in [7, 11) is 0. The maximum atomic E-state index is 13.4. The summed E-state index contributed by atoms with van der Waals surface area (Å²) >= 11 is 0. The molecule has 2 aromatic rings. The molecule has 0 bridgehead atoms. The van der Waals surface area contributed by atoms with E-state index in [2.05, 4.69) is 0 Å². The SMILES string of the molecule is CC.Cc1cc([N+](=O)[O-])ccc1Oc1ccc(F)cc1F. The highest BCUT2D eigenvalue weighted by molar-refractivity contribution is 5.45. The zero-order valence-electron chi connectivity index (χ0n) is 11.9. The molecule has 0 aliphatic rings. The molecule has 2 rings (SSSR count). The highest BCUT2D eigenvalue weighted by atomic mass is 19.1. The molecule has 4 nitrogen and oxygen atoms in total. The van der Waals surface area contributed by atoms with Crippen LogP contribution in [0, 0.1) is 28.7 Å². The van der Waals surface area contributed by atoms with Gasteiger partial charge in [0.2, 0.25) is 0 Å². The van der Waals surface area contributed by atoms with E-state index in [0.717, 1.165) is 12.1 Å². The Morgan fingerprint density at radius 1 is 1.05 bits per heavy atom. The number of nitrogens with zero attached hydrogens (tertiary/aromatic N) is 1. The van der Waals surface area contributed by atoms with Gasteiger partial charge in [0.1, 0.15) is 11.6 Å². The molecule has 0 aliphatic carbocycles. The number of nitro benzene ring substituents is 1. The van der Waals surface area contributed by atoms with E-state index in [1.54, 1.807) is 6.92 Å². The minimum absolute atomic E-state index is 0.0792. The third kappa shape index (κ3) is 4.24. The summed E-state index contributed by atoms with van der Waals surface area (Å²) in [5.74, 6) is -1.41. The zero-order valence-corrected chi connectivity index (χ0v) is 11.9. The van der Waals surface area contributed by atoms with Crippen LogP contribution in [0.2, 0.25) is 0 Å². The second kappa shape index (κ2) is 7.33. The van der Waals surface area contributed by atoms with Crippen LogP contribution in [0.3, 0.4) is 0 Å². The molecule has 0 amide bonds. The van der Waals surface area contributed by atoms with E-state index in [0.29, 0.717) is 11.6 Å². The van der Waals surface area contributed by atoms with Crippen molar-refractivity contribution in [3.63, 3.8) is 0 Å². The van der Waals surface area contributed by atoms with Crippen molar-refractivity contribution in [1.82, 2.24) is 0 Å². The Morgan fingerprint density at radius 3 is 2.19 bits per heavy atom. The van der Waals surface area contributed by atoms with Crippen LogP contribution in [-0.2, 0) is 0 Å². The number of halogens is 2. The minimum atomic E-state index is -0.835. The third-order valence-corrected chi connectivity index (χ3v) is 2.48. The Hall–Kier alpha value is -2.50. The molecule has 0 atom stereocenters. The number of hydrogen-bond donors (Lipinski definition) is 0. The van der Waals surface area contributed by atoms with Crippen LogP contribution in [0.1, 0.15) is 19.4 Å². The summed E-state index contributed by atoms with van der Waals surface area (Å²) in [4.78, 5) is 10.0. The van der Waals surface area contributed by atoms with Crippen LogP contribution < -0.4 is 4.74 Å². The van der Waals surface area contributed by atoms with Crippen LogP contribution in [0.4, 0.5) is 14.5 Å². The minimum Gasteiger partial charge on any atom is -0.454 e. The van der Waals surface area contributed by atoms with Gasteiger partial charge in [0.15, 0.2) is 11.6 Å². The molecule has 112 valence electrons. The number of aryl methyl sites for hydroxylation is 1. The Labute approximate surface area is 121 Å². The molecule has 0 fully saturated rings. The van der Waals surface area contributed by atoms with E-state index in [1.165, 1.54) is 18.2 Å². The lowest BCUT2D eigenvalue weighted by Gasteiger charge is -2.09. The second-order valence-corrected chi connectivity index (χ2v) is 3.88. The molecular formula is C15H15F2NO3. The molecule has 0 aromatic heterocycles. The Morgan fingerprint density at radius 2 is 1.67 bits per heavy atom. The first-order chi connectivity index (χ1) is 9.97. The Balaban J connectivity index is 0.00000106. The van der Waals surface area contributed by atoms with Crippen molar-refractivity contribution in [3.05, 3.63) is 63.7 Å². The largest absolute Gasteiger partial charge is 0.454 e. The van der Waals surface area contributed by atoms with Gasteiger partial charge in [-0.3, -0.25) is 10.1 Å². The molecule has 0 saturated heterocycles. The molecule has 0 N–H and O–H groups in total. The van der Waals surface area contributed by atoms with Gasteiger partial charge in [-0.1, -0.05) is 13.8 Å². The van der Waals surface area contributed by atoms with Gasteiger partial charge >= 0.3 is 0 Å². The van der Waals surface area contributed by atoms with Gasteiger partial charge < -0.3 is 4.74 Å². The average molecular weight is 295 g/mol. The van der Waals surface area contributed by atoms with Gasteiger partial charge in [0.05, 0.1) is 4.92 Å². The number of hydrogen-bond acceptors (Lipinski definition) is 3. The predicted molar refractivity (Wildman–Crippen MR) is 75.6 cm³/mol. The van der Waals surface area contributed by atoms with Gasteiger partial charge in [-0.2, -0.15) is 0 Å². The van der Waals surface area contributed by atoms with E-state index >= 15 is 0 Å². The molecule has 0 unspecified atom stereocenters. The summed E-state index contributed by atoms with van der Waals surface area (Å²) < 4.78 is 31.4. The molecule has 0 heterocycles. The molecule has 0 saturated carbocycles. The van der Waals surface area contributed by atoms with Crippen molar-refractivity contribution in [2.75, 3.05) is 0 Å². The summed E-state index contributed by atoms with van der Waals surface area (Å²) in [6, 6.07) is 6.87. The highest BCUT2D eigenvalue weighted by Gasteiger charge is 2.11. The van der Waals surface area contributed by atoms with Crippen molar-refractivity contribution in [3.8, 4) is 11.5 Å². The predicted octanol–water partition coefficient (Wildman–Crippen LogP) is 5.00. The molecule has 6 heteroatoms. The van der Waals surface area contributed by atoms with E-state index in [4.69, 9.17) is 4.74 Å². The maximum absolute atomic E-state index is 13.4. The lowest BCUT2D eigenvalue weighted by molar-refractivity contribution is -0.384. The summed E-state index contributed by atoms with van der Waals surface area (Å²) in [5.41, 5.74) is 0.405. The molecule has 2 aromatic carbocycles. The van der Waals surface area contributed by atoms with Crippen LogP contribution in [0.15, 0.2) is 36.4 Å². The number of non-ortho nitro benzene ring substituents is 1. The van der Waals surface area contributed by atoms with Crippen molar-refractivity contribution in [2.24, 2.45) is 0 Å². The summed E-state index contributed by atoms with van der Waals surface area (Å²) in [6.45, 7) is 5.60. The number of nitro groups is 1. The van der Waals surface area contributed by atoms with Crippen LogP contribution in [-0.4, -0.2) is 4.92 Å². The fraction of sp³-hybridized carbons (Fsp3) is 0.200. The number of benzene rings is 2.